The van der Waals surface area contributed by atoms with Crippen LogP contribution in [0.15, 0.2) is 42.5 Å². The fraction of sp³-hybridized carbons (Fsp3) is 0.0769. The SMILES string of the molecule is Cc1ccccc1[Se]c1cc(Cl)ccc1N. The van der Waals surface area contributed by atoms with Gasteiger partial charge in [-0.05, 0) is 0 Å². The Bertz CT molecular complexity index is 511. The Balaban J connectivity index is 2.34. The van der Waals surface area contributed by atoms with Crippen LogP contribution in [-0.4, -0.2) is 15.0 Å². The number of hydrogen-bond donors (Lipinski definition) is 1. The topological polar surface area (TPSA) is 26.0 Å². The number of benzene rings is 2. The van der Waals surface area contributed by atoms with Crippen LogP contribution < -0.4 is 14.7 Å². The molecule has 3 heteroatoms. The maximum atomic E-state index is 5.98. The molecule has 2 N–H and O–H groups in total. The van der Waals surface area contributed by atoms with Gasteiger partial charge in [-0.15, -0.1) is 0 Å². The second kappa shape index (κ2) is 4.92. The normalized spacial score (nSPS) is 10.4. The van der Waals surface area contributed by atoms with Gasteiger partial charge in [0.2, 0.25) is 0 Å². The molecule has 2 aromatic carbocycles. The first kappa shape index (κ1) is 11.5. The molecule has 0 spiro atoms. The van der Waals surface area contributed by atoms with Gasteiger partial charge in [0.15, 0.2) is 0 Å². The molecule has 0 amide bonds. The molecule has 0 aliphatic rings. The molecular formula is C13H12ClNSe. The third-order valence-electron chi connectivity index (χ3n) is 2.29. The van der Waals surface area contributed by atoms with Crippen molar-refractivity contribution in [1.29, 1.82) is 0 Å². The first-order valence-corrected chi connectivity index (χ1v) is 7.04. The molecule has 0 radical (unpaired) electrons. The molecule has 0 unspecified atom stereocenters. The summed E-state index contributed by atoms with van der Waals surface area (Å²) in [6.07, 6.45) is 0. The molecule has 2 aromatic rings. The van der Waals surface area contributed by atoms with E-state index in [9.17, 15) is 0 Å². The van der Waals surface area contributed by atoms with E-state index in [-0.39, 0.29) is 15.0 Å². The summed E-state index contributed by atoms with van der Waals surface area (Å²) in [5.74, 6) is 0. The van der Waals surface area contributed by atoms with Crippen molar-refractivity contribution >= 4 is 41.2 Å². The minimum atomic E-state index is 0.223. The van der Waals surface area contributed by atoms with Crippen molar-refractivity contribution in [3.05, 3.63) is 53.1 Å². The second-order valence-electron chi connectivity index (χ2n) is 3.55. The number of nitrogens with two attached hydrogens (primary N) is 1. The predicted molar refractivity (Wildman–Crippen MR) is 72.1 cm³/mol. The van der Waals surface area contributed by atoms with Crippen molar-refractivity contribution in [3.63, 3.8) is 0 Å². The van der Waals surface area contributed by atoms with Gasteiger partial charge >= 0.3 is 107 Å². The first-order chi connectivity index (χ1) is 7.66. The summed E-state index contributed by atoms with van der Waals surface area (Å²) < 4.78 is 2.50. The molecule has 0 bridgehead atoms. The third-order valence-corrected chi connectivity index (χ3v) is 5.15. The van der Waals surface area contributed by atoms with E-state index in [2.05, 4.69) is 31.2 Å². The molecule has 16 heavy (non-hydrogen) atoms. The van der Waals surface area contributed by atoms with Crippen LogP contribution in [0.4, 0.5) is 5.69 Å². The van der Waals surface area contributed by atoms with E-state index in [1.54, 1.807) is 0 Å². The van der Waals surface area contributed by atoms with Gasteiger partial charge in [-0.3, -0.25) is 0 Å². The summed E-state index contributed by atoms with van der Waals surface area (Å²) in [7, 11) is 0. The number of rotatable bonds is 2. The molecule has 0 aromatic heterocycles. The maximum absolute atomic E-state index is 5.98. The molecule has 0 aliphatic heterocycles. The van der Waals surface area contributed by atoms with Crippen LogP contribution in [0.5, 0.6) is 0 Å². The number of aryl methyl sites for hydroxylation is 1. The summed E-state index contributed by atoms with van der Waals surface area (Å²) >= 11 is 6.20. The Hall–Kier alpha value is -0.951. The van der Waals surface area contributed by atoms with Crippen LogP contribution in [0.3, 0.4) is 0 Å². The van der Waals surface area contributed by atoms with Gasteiger partial charge in [0.25, 0.3) is 0 Å². The van der Waals surface area contributed by atoms with Crippen LogP contribution in [0.1, 0.15) is 5.56 Å². The van der Waals surface area contributed by atoms with E-state index in [0.717, 1.165) is 15.2 Å². The van der Waals surface area contributed by atoms with Crippen LogP contribution in [0.2, 0.25) is 5.02 Å². The van der Waals surface area contributed by atoms with Crippen LogP contribution in [-0.2, 0) is 0 Å². The molecule has 0 aliphatic carbocycles. The van der Waals surface area contributed by atoms with E-state index >= 15 is 0 Å². The number of hydrogen-bond acceptors (Lipinski definition) is 1. The van der Waals surface area contributed by atoms with Crippen molar-refractivity contribution < 1.29 is 0 Å². The zero-order valence-electron chi connectivity index (χ0n) is 8.91. The first-order valence-electron chi connectivity index (χ1n) is 4.95. The Morgan fingerprint density at radius 2 is 1.81 bits per heavy atom. The molecule has 0 saturated carbocycles. The van der Waals surface area contributed by atoms with Crippen molar-refractivity contribution in [2.45, 2.75) is 6.92 Å². The third kappa shape index (κ3) is 2.59. The molecule has 82 valence electrons. The molecule has 2 rings (SSSR count). The molecule has 0 heterocycles. The van der Waals surface area contributed by atoms with Crippen LogP contribution in [0.25, 0.3) is 0 Å². The Morgan fingerprint density at radius 1 is 1.06 bits per heavy atom. The van der Waals surface area contributed by atoms with Crippen molar-refractivity contribution in [1.82, 2.24) is 0 Å². The minimum absolute atomic E-state index is 0.223. The van der Waals surface area contributed by atoms with E-state index < -0.39 is 0 Å². The summed E-state index contributed by atoms with van der Waals surface area (Å²) in [6.45, 7) is 2.12. The zero-order chi connectivity index (χ0) is 11.5. The van der Waals surface area contributed by atoms with Gasteiger partial charge in [-0.1, -0.05) is 0 Å². The predicted octanol–water partition coefficient (Wildman–Crippen LogP) is 1.89. The second-order valence-corrected chi connectivity index (χ2v) is 6.26. The van der Waals surface area contributed by atoms with Crippen molar-refractivity contribution in [3.8, 4) is 0 Å². The standard InChI is InChI=1S/C13H12ClNSe/c1-9-4-2-3-5-12(9)16-13-8-10(14)6-7-11(13)15/h2-8H,15H2,1H3. The van der Waals surface area contributed by atoms with Crippen molar-refractivity contribution in [2.75, 3.05) is 5.73 Å². The summed E-state index contributed by atoms with van der Waals surface area (Å²) in [4.78, 5) is 0. The van der Waals surface area contributed by atoms with Gasteiger partial charge in [0.05, 0.1) is 0 Å². The monoisotopic (exact) mass is 297 g/mol. The van der Waals surface area contributed by atoms with E-state index in [0.29, 0.717) is 0 Å². The van der Waals surface area contributed by atoms with Gasteiger partial charge in [-0.2, -0.15) is 0 Å². The summed E-state index contributed by atoms with van der Waals surface area (Å²) in [6, 6.07) is 14.0. The zero-order valence-corrected chi connectivity index (χ0v) is 11.4. The van der Waals surface area contributed by atoms with E-state index in [4.69, 9.17) is 17.3 Å². The number of nitrogen functional groups attached to an aromatic ring is 1. The fourth-order valence-electron chi connectivity index (χ4n) is 1.39. The van der Waals surface area contributed by atoms with Gasteiger partial charge in [0, 0.05) is 0 Å². The van der Waals surface area contributed by atoms with Crippen molar-refractivity contribution in [2.24, 2.45) is 0 Å². The number of halogens is 1. The molecule has 0 fully saturated rings. The Labute approximate surface area is 107 Å². The Morgan fingerprint density at radius 3 is 2.56 bits per heavy atom. The number of anilines is 1. The van der Waals surface area contributed by atoms with Crippen LogP contribution in [0, 0.1) is 6.92 Å². The van der Waals surface area contributed by atoms with Gasteiger partial charge < -0.3 is 0 Å². The van der Waals surface area contributed by atoms with Crippen LogP contribution >= 0.6 is 11.6 Å². The van der Waals surface area contributed by atoms with Gasteiger partial charge in [-0.25, -0.2) is 0 Å². The van der Waals surface area contributed by atoms with E-state index in [1.165, 1.54) is 10.0 Å². The average Bonchev–Trinajstić information content (AvgIpc) is 2.27. The van der Waals surface area contributed by atoms with E-state index in [1.807, 2.05) is 18.2 Å². The Kier molecular flexibility index (Phi) is 3.55. The summed E-state index contributed by atoms with van der Waals surface area (Å²) in [5.41, 5.74) is 8.08. The summed E-state index contributed by atoms with van der Waals surface area (Å²) in [5, 5.41) is 0.750. The van der Waals surface area contributed by atoms with Gasteiger partial charge in [0.1, 0.15) is 0 Å². The fourth-order valence-corrected chi connectivity index (χ4v) is 3.77. The molecule has 1 nitrogen and oxygen atoms in total. The molecular weight excluding hydrogens is 285 g/mol. The molecule has 0 atom stereocenters. The average molecular weight is 297 g/mol. The molecule has 0 saturated heterocycles. The quantitative estimate of drug-likeness (QED) is 0.665.